The van der Waals surface area contributed by atoms with Crippen LogP contribution in [-0.2, 0) is 10.0 Å². The van der Waals surface area contributed by atoms with E-state index in [1.165, 1.54) is 16.8 Å². The molecule has 0 amide bonds. The Labute approximate surface area is 147 Å². The van der Waals surface area contributed by atoms with Crippen LogP contribution in [0.3, 0.4) is 0 Å². The summed E-state index contributed by atoms with van der Waals surface area (Å²) in [4.78, 5) is 8.72. The van der Waals surface area contributed by atoms with Crippen LogP contribution in [0.25, 0.3) is 11.3 Å². The van der Waals surface area contributed by atoms with Crippen molar-refractivity contribution in [1.82, 2.24) is 14.3 Å². The van der Waals surface area contributed by atoms with Gasteiger partial charge >= 0.3 is 0 Å². The number of nitriles is 1. The molecule has 130 valence electrons. The Bertz CT molecular complexity index is 885. The van der Waals surface area contributed by atoms with Gasteiger partial charge in [-0.1, -0.05) is 30.3 Å². The van der Waals surface area contributed by atoms with Gasteiger partial charge in [0.1, 0.15) is 6.07 Å². The zero-order chi connectivity index (χ0) is 17.9. The average molecular weight is 357 g/mol. The second-order valence-electron chi connectivity index (χ2n) is 6.01. The summed E-state index contributed by atoms with van der Waals surface area (Å²) in [5.74, 6) is 0.454. The molecular weight excluding hydrogens is 338 g/mol. The topological polar surface area (TPSA) is 99.0 Å². The molecule has 7 nitrogen and oxygen atoms in total. The summed E-state index contributed by atoms with van der Waals surface area (Å²) in [6.07, 6.45) is 4.13. The van der Waals surface area contributed by atoms with Crippen LogP contribution >= 0.6 is 0 Å². The zero-order valence-corrected chi connectivity index (χ0v) is 14.7. The van der Waals surface area contributed by atoms with Gasteiger partial charge in [-0.25, -0.2) is 22.7 Å². The molecule has 1 saturated heterocycles. The molecule has 2 aromatic rings. The first-order chi connectivity index (χ1) is 12.0. The van der Waals surface area contributed by atoms with Crippen LogP contribution in [0.15, 0.2) is 36.5 Å². The number of benzene rings is 1. The number of nitrogens with one attached hydrogen (secondary N) is 1. The number of aromatic nitrogens is 2. The third-order valence-electron chi connectivity index (χ3n) is 4.21. The first kappa shape index (κ1) is 17.3. The van der Waals surface area contributed by atoms with Gasteiger partial charge < -0.3 is 5.32 Å². The summed E-state index contributed by atoms with van der Waals surface area (Å²) in [7, 11) is -3.14. The maximum absolute atomic E-state index is 11.6. The highest BCUT2D eigenvalue weighted by atomic mass is 32.2. The molecule has 1 fully saturated rings. The molecule has 8 heteroatoms. The molecule has 25 heavy (non-hydrogen) atoms. The van der Waals surface area contributed by atoms with E-state index < -0.39 is 10.0 Å². The summed E-state index contributed by atoms with van der Waals surface area (Å²) in [6, 6.07) is 11.7. The Kier molecular flexibility index (Phi) is 4.97. The summed E-state index contributed by atoms with van der Waals surface area (Å²) >= 11 is 0. The van der Waals surface area contributed by atoms with Crippen molar-refractivity contribution in [2.75, 3.05) is 24.7 Å². The van der Waals surface area contributed by atoms with Crippen LogP contribution in [0.5, 0.6) is 0 Å². The van der Waals surface area contributed by atoms with E-state index in [4.69, 9.17) is 0 Å². The van der Waals surface area contributed by atoms with Crippen molar-refractivity contribution < 1.29 is 8.42 Å². The standard InChI is InChI=1S/C17H19N5O2S/c1-25(23,24)22-9-7-15(8-10-22)20-17-19-12-14(11-18)16(21-17)13-5-3-2-4-6-13/h2-6,12,15H,7-10H2,1H3,(H,19,20,21). The first-order valence-electron chi connectivity index (χ1n) is 8.01. The smallest absolute Gasteiger partial charge is 0.223 e. The van der Waals surface area contributed by atoms with Crippen molar-refractivity contribution in [3.05, 3.63) is 42.1 Å². The van der Waals surface area contributed by atoms with E-state index in [0.717, 1.165) is 5.56 Å². The van der Waals surface area contributed by atoms with Gasteiger partial charge in [0.05, 0.1) is 23.7 Å². The second-order valence-corrected chi connectivity index (χ2v) is 8.00. The van der Waals surface area contributed by atoms with Gasteiger partial charge in [-0.15, -0.1) is 0 Å². The van der Waals surface area contributed by atoms with E-state index in [0.29, 0.717) is 43.1 Å². The lowest BCUT2D eigenvalue weighted by Gasteiger charge is -2.30. The van der Waals surface area contributed by atoms with E-state index in [1.54, 1.807) is 0 Å². The van der Waals surface area contributed by atoms with Gasteiger partial charge in [0, 0.05) is 24.7 Å². The Morgan fingerprint density at radius 3 is 2.52 bits per heavy atom. The minimum atomic E-state index is -3.14. The molecular formula is C17H19N5O2S. The van der Waals surface area contributed by atoms with E-state index in [1.807, 2.05) is 30.3 Å². The molecule has 1 aromatic heterocycles. The van der Waals surface area contributed by atoms with Gasteiger partial charge in [0.25, 0.3) is 0 Å². The third-order valence-corrected chi connectivity index (χ3v) is 5.52. The average Bonchev–Trinajstić information content (AvgIpc) is 2.62. The predicted molar refractivity (Wildman–Crippen MR) is 95.2 cm³/mol. The summed E-state index contributed by atoms with van der Waals surface area (Å²) < 4.78 is 24.6. The molecule has 2 heterocycles. The maximum Gasteiger partial charge on any atom is 0.223 e. The number of hydrogen-bond acceptors (Lipinski definition) is 6. The lowest BCUT2D eigenvalue weighted by Crippen LogP contribution is -2.42. The van der Waals surface area contributed by atoms with Gasteiger partial charge in [-0.3, -0.25) is 0 Å². The SMILES string of the molecule is CS(=O)(=O)N1CCC(Nc2ncc(C#N)c(-c3ccccc3)n2)CC1. The molecule has 1 aliphatic rings. The number of hydrogen-bond donors (Lipinski definition) is 1. The molecule has 1 aromatic carbocycles. The minimum absolute atomic E-state index is 0.106. The van der Waals surface area contributed by atoms with Crippen LogP contribution in [-0.4, -0.2) is 48.1 Å². The van der Waals surface area contributed by atoms with E-state index in [2.05, 4.69) is 21.4 Å². The molecule has 0 atom stereocenters. The fourth-order valence-corrected chi connectivity index (χ4v) is 3.74. The van der Waals surface area contributed by atoms with Crippen LogP contribution < -0.4 is 5.32 Å². The second kappa shape index (κ2) is 7.17. The fraction of sp³-hybridized carbons (Fsp3) is 0.353. The molecule has 1 aliphatic heterocycles. The van der Waals surface area contributed by atoms with Crippen molar-refractivity contribution in [2.24, 2.45) is 0 Å². The van der Waals surface area contributed by atoms with Crippen LogP contribution in [0.2, 0.25) is 0 Å². The lowest BCUT2D eigenvalue weighted by molar-refractivity contribution is 0.331. The van der Waals surface area contributed by atoms with Crippen molar-refractivity contribution in [3.8, 4) is 17.3 Å². The molecule has 0 bridgehead atoms. The normalized spacial score (nSPS) is 16.3. The van der Waals surface area contributed by atoms with Gasteiger partial charge in [-0.05, 0) is 12.8 Å². The number of rotatable bonds is 4. The Morgan fingerprint density at radius 1 is 1.24 bits per heavy atom. The molecule has 0 aliphatic carbocycles. The number of nitrogens with zero attached hydrogens (tertiary/aromatic N) is 4. The van der Waals surface area contributed by atoms with Gasteiger partial charge in [-0.2, -0.15) is 5.26 Å². The first-order valence-corrected chi connectivity index (χ1v) is 9.86. The summed E-state index contributed by atoms with van der Waals surface area (Å²) in [5.41, 5.74) is 1.87. The molecule has 0 saturated carbocycles. The number of anilines is 1. The summed E-state index contributed by atoms with van der Waals surface area (Å²) in [6.45, 7) is 0.969. The van der Waals surface area contributed by atoms with Crippen molar-refractivity contribution >= 4 is 16.0 Å². The Balaban J connectivity index is 1.75. The Morgan fingerprint density at radius 2 is 1.92 bits per heavy atom. The molecule has 0 spiro atoms. The van der Waals surface area contributed by atoms with Crippen molar-refractivity contribution in [1.29, 1.82) is 5.26 Å². The van der Waals surface area contributed by atoms with Gasteiger partial charge in [0.15, 0.2) is 0 Å². The molecule has 0 radical (unpaired) electrons. The molecule has 1 N–H and O–H groups in total. The maximum atomic E-state index is 11.6. The predicted octanol–water partition coefficient (Wildman–Crippen LogP) is 1.85. The third kappa shape index (κ3) is 4.13. The van der Waals surface area contributed by atoms with Crippen LogP contribution in [0.1, 0.15) is 18.4 Å². The fourth-order valence-electron chi connectivity index (χ4n) is 2.86. The van der Waals surface area contributed by atoms with Crippen LogP contribution in [0.4, 0.5) is 5.95 Å². The number of sulfonamides is 1. The highest BCUT2D eigenvalue weighted by Gasteiger charge is 2.25. The molecule has 3 rings (SSSR count). The highest BCUT2D eigenvalue weighted by Crippen LogP contribution is 2.23. The van der Waals surface area contributed by atoms with Crippen LogP contribution in [0, 0.1) is 11.3 Å². The molecule has 0 unspecified atom stereocenters. The summed E-state index contributed by atoms with van der Waals surface area (Å²) in [5, 5.41) is 12.5. The highest BCUT2D eigenvalue weighted by molar-refractivity contribution is 7.88. The van der Waals surface area contributed by atoms with E-state index in [-0.39, 0.29) is 6.04 Å². The lowest BCUT2D eigenvalue weighted by atomic mass is 10.1. The zero-order valence-electron chi connectivity index (χ0n) is 13.9. The van der Waals surface area contributed by atoms with Gasteiger partial charge in [0.2, 0.25) is 16.0 Å². The monoisotopic (exact) mass is 357 g/mol. The number of piperidine rings is 1. The van der Waals surface area contributed by atoms with E-state index in [9.17, 15) is 13.7 Å². The minimum Gasteiger partial charge on any atom is -0.351 e. The van der Waals surface area contributed by atoms with Crippen molar-refractivity contribution in [2.45, 2.75) is 18.9 Å². The van der Waals surface area contributed by atoms with E-state index >= 15 is 0 Å². The quantitative estimate of drug-likeness (QED) is 0.896. The Hall–Kier alpha value is -2.50. The largest absolute Gasteiger partial charge is 0.351 e. The van der Waals surface area contributed by atoms with Crippen molar-refractivity contribution in [3.63, 3.8) is 0 Å².